The number of fused-ring (bicyclic) bond motifs is 1. The number of rotatable bonds is 2. The second kappa shape index (κ2) is 4.48. The molecule has 78 valence electrons. The van der Waals surface area contributed by atoms with Crippen molar-refractivity contribution in [3.05, 3.63) is 46.1 Å². The summed E-state index contributed by atoms with van der Waals surface area (Å²) in [5.74, 6) is 0. The molecule has 0 unspecified atom stereocenters. The van der Waals surface area contributed by atoms with E-state index < -0.39 is 0 Å². The lowest BCUT2D eigenvalue weighted by Crippen LogP contribution is -1.95. The van der Waals surface area contributed by atoms with Gasteiger partial charge in [0.05, 0.1) is 17.1 Å². The maximum atomic E-state index is 6.11. The van der Waals surface area contributed by atoms with E-state index in [0.29, 0.717) is 11.6 Å². The third kappa shape index (κ3) is 2.15. The van der Waals surface area contributed by atoms with Crippen LogP contribution in [0.5, 0.6) is 0 Å². The minimum atomic E-state index is 0.540. The van der Waals surface area contributed by atoms with Gasteiger partial charge in [0.1, 0.15) is 0 Å². The van der Waals surface area contributed by atoms with Gasteiger partial charge in [-0.3, -0.25) is 0 Å². The lowest BCUT2D eigenvalue weighted by Gasteiger charge is -2.04. The molecule has 0 aliphatic carbocycles. The number of aromatic nitrogens is 1. The molecule has 1 nitrogen and oxygen atoms in total. The van der Waals surface area contributed by atoms with Crippen LogP contribution < -0.4 is 0 Å². The minimum absolute atomic E-state index is 0.540. The van der Waals surface area contributed by atoms with Gasteiger partial charge in [-0.05, 0) is 12.1 Å². The zero-order valence-electron chi connectivity index (χ0n) is 7.75. The molecule has 1 aromatic heterocycles. The number of para-hydroxylation sites is 1. The molecule has 15 heavy (non-hydrogen) atoms. The van der Waals surface area contributed by atoms with Crippen LogP contribution in [0.4, 0.5) is 0 Å². The highest BCUT2D eigenvalue weighted by Gasteiger charge is 2.05. The van der Waals surface area contributed by atoms with Gasteiger partial charge < -0.3 is 4.57 Å². The number of hydrogen-bond acceptors (Lipinski definition) is 0. The summed E-state index contributed by atoms with van der Waals surface area (Å²) in [6.07, 6.45) is 1.94. The van der Waals surface area contributed by atoms with Crippen molar-refractivity contribution in [3.8, 4) is 0 Å². The predicted molar refractivity (Wildman–Crippen MR) is 66.7 cm³/mol. The van der Waals surface area contributed by atoms with Crippen molar-refractivity contribution in [3.63, 3.8) is 0 Å². The first-order chi connectivity index (χ1) is 7.22. The first kappa shape index (κ1) is 10.9. The van der Waals surface area contributed by atoms with Crippen molar-refractivity contribution in [2.75, 3.05) is 0 Å². The topological polar surface area (TPSA) is 4.93 Å². The lowest BCUT2D eigenvalue weighted by atomic mass is 10.2. The summed E-state index contributed by atoms with van der Waals surface area (Å²) in [4.78, 5) is 0. The van der Waals surface area contributed by atoms with Crippen LogP contribution in [0.25, 0.3) is 10.9 Å². The molecular formula is C11H8Cl3N. The van der Waals surface area contributed by atoms with Gasteiger partial charge in [0, 0.05) is 22.2 Å². The Hall–Kier alpha value is -0.630. The van der Waals surface area contributed by atoms with Crippen LogP contribution in [0, 0.1) is 0 Å². The van der Waals surface area contributed by atoms with E-state index in [9.17, 15) is 0 Å². The first-order valence-electron chi connectivity index (χ1n) is 4.40. The van der Waals surface area contributed by atoms with Gasteiger partial charge in [0.25, 0.3) is 0 Å². The molecule has 0 bridgehead atoms. The smallest absolute Gasteiger partial charge is 0.0673 e. The Labute approximate surface area is 103 Å². The first-order valence-corrected chi connectivity index (χ1v) is 5.59. The fourth-order valence-corrected chi connectivity index (χ4v) is 2.03. The van der Waals surface area contributed by atoms with Crippen LogP contribution in [-0.4, -0.2) is 4.57 Å². The maximum absolute atomic E-state index is 6.11. The summed E-state index contributed by atoms with van der Waals surface area (Å²) in [5, 5.41) is 2.40. The quantitative estimate of drug-likeness (QED) is 0.743. The van der Waals surface area contributed by atoms with Gasteiger partial charge in [0.15, 0.2) is 0 Å². The van der Waals surface area contributed by atoms with Crippen molar-refractivity contribution in [1.82, 2.24) is 4.57 Å². The fraction of sp³-hybridized carbons (Fsp3) is 0.0909. The second-order valence-electron chi connectivity index (χ2n) is 3.18. The van der Waals surface area contributed by atoms with Crippen LogP contribution in [0.2, 0.25) is 5.02 Å². The Morgan fingerprint density at radius 2 is 2.13 bits per heavy atom. The summed E-state index contributed by atoms with van der Waals surface area (Å²) in [6, 6.07) is 7.79. The number of hydrogen-bond donors (Lipinski definition) is 0. The monoisotopic (exact) mass is 259 g/mol. The maximum Gasteiger partial charge on any atom is 0.0673 e. The van der Waals surface area contributed by atoms with Gasteiger partial charge in [-0.2, -0.15) is 0 Å². The summed E-state index contributed by atoms with van der Waals surface area (Å²) in [7, 11) is 0. The highest BCUT2D eigenvalue weighted by atomic mass is 35.5. The van der Waals surface area contributed by atoms with E-state index in [1.54, 1.807) is 0 Å². The molecule has 0 fully saturated rings. The highest BCUT2D eigenvalue weighted by molar-refractivity contribution is 6.36. The Balaban J connectivity index is 2.53. The highest BCUT2D eigenvalue weighted by Crippen LogP contribution is 2.25. The summed E-state index contributed by atoms with van der Waals surface area (Å²) >= 11 is 17.5. The lowest BCUT2D eigenvalue weighted by molar-refractivity contribution is 0.853. The molecule has 0 atom stereocenters. The van der Waals surface area contributed by atoms with Crippen molar-refractivity contribution in [1.29, 1.82) is 0 Å². The van der Waals surface area contributed by atoms with Crippen LogP contribution in [0.15, 0.2) is 41.0 Å². The van der Waals surface area contributed by atoms with E-state index in [-0.39, 0.29) is 0 Å². The van der Waals surface area contributed by atoms with E-state index in [1.807, 2.05) is 35.0 Å². The van der Waals surface area contributed by atoms with Crippen LogP contribution >= 0.6 is 34.8 Å². The Morgan fingerprint density at radius 1 is 1.33 bits per heavy atom. The fourth-order valence-electron chi connectivity index (χ4n) is 1.54. The zero-order valence-corrected chi connectivity index (χ0v) is 10.0. The molecule has 0 aliphatic heterocycles. The summed E-state index contributed by atoms with van der Waals surface area (Å²) < 4.78 is 1.97. The SMILES string of the molecule is Cl/C=C(/Cl)Cn1ccc2cccc(Cl)c21. The number of halogens is 3. The molecular weight excluding hydrogens is 252 g/mol. The molecule has 2 aromatic rings. The average Bonchev–Trinajstić information content (AvgIpc) is 2.63. The van der Waals surface area contributed by atoms with Crippen LogP contribution in [0.1, 0.15) is 0 Å². The van der Waals surface area contributed by atoms with Gasteiger partial charge in [0.2, 0.25) is 0 Å². The van der Waals surface area contributed by atoms with Crippen LogP contribution in [-0.2, 0) is 6.54 Å². The van der Waals surface area contributed by atoms with Gasteiger partial charge in [-0.1, -0.05) is 46.9 Å². The third-order valence-corrected chi connectivity index (χ3v) is 3.09. The van der Waals surface area contributed by atoms with E-state index in [0.717, 1.165) is 15.9 Å². The molecule has 2 rings (SSSR count). The third-order valence-electron chi connectivity index (χ3n) is 2.18. The normalized spacial score (nSPS) is 12.3. The number of benzene rings is 1. The molecule has 4 heteroatoms. The van der Waals surface area contributed by atoms with Crippen molar-refractivity contribution < 1.29 is 0 Å². The Morgan fingerprint density at radius 3 is 2.87 bits per heavy atom. The molecule has 0 saturated carbocycles. The molecule has 0 aliphatic rings. The Kier molecular flexibility index (Phi) is 3.25. The average molecular weight is 261 g/mol. The molecule has 1 heterocycles. The van der Waals surface area contributed by atoms with Crippen molar-refractivity contribution >= 4 is 45.7 Å². The van der Waals surface area contributed by atoms with E-state index in [1.165, 1.54) is 5.54 Å². The molecule has 0 amide bonds. The standard InChI is InChI=1S/C11H8Cl3N/c12-6-9(13)7-15-5-4-8-2-1-3-10(14)11(8)15/h1-6H,7H2/b9-6+. The second-order valence-corrected chi connectivity index (χ2v) is 4.29. The Bertz CT molecular complexity index is 514. The largest absolute Gasteiger partial charge is 0.341 e. The summed E-state index contributed by atoms with van der Waals surface area (Å²) in [5.41, 5.74) is 2.35. The van der Waals surface area contributed by atoms with Gasteiger partial charge in [-0.25, -0.2) is 0 Å². The molecule has 0 N–H and O–H groups in total. The number of nitrogens with zero attached hydrogens (tertiary/aromatic N) is 1. The van der Waals surface area contributed by atoms with Gasteiger partial charge >= 0.3 is 0 Å². The van der Waals surface area contributed by atoms with Crippen molar-refractivity contribution in [2.24, 2.45) is 0 Å². The van der Waals surface area contributed by atoms with Gasteiger partial charge in [-0.15, -0.1) is 0 Å². The van der Waals surface area contributed by atoms with Crippen molar-refractivity contribution in [2.45, 2.75) is 6.54 Å². The summed E-state index contributed by atoms with van der Waals surface area (Å²) in [6.45, 7) is 0.540. The van der Waals surface area contributed by atoms with Crippen LogP contribution in [0.3, 0.4) is 0 Å². The van der Waals surface area contributed by atoms with E-state index in [2.05, 4.69) is 0 Å². The molecule has 1 aromatic carbocycles. The predicted octanol–water partition coefficient (Wildman–Crippen LogP) is 4.61. The van der Waals surface area contributed by atoms with E-state index in [4.69, 9.17) is 34.8 Å². The molecule has 0 spiro atoms. The number of allylic oxidation sites excluding steroid dienone is 1. The zero-order chi connectivity index (χ0) is 10.8. The van der Waals surface area contributed by atoms with E-state index >= 15 is 0 Å². The molecule has 0 saturated heterocycles. The molecule has 0 radical (unpaired) electrons. The minimum Gasteiger partial charge on any atom is -0.341 e.